The van der Waals surface area contributed by atoms with E-state index in [9.17, 15) is 18.0 Å². The molecule has 10 heteroatoms. The minimum atomic E-state index is -0.956. The summed E-state index contributed by atoms with van der Waals surface area (Å²) in [6.45, 7) is 2.74. The van der Waals surface area contributed by atoms with Crippen LogP contribution in [-0.2, 0) is 4.74 Å². The molecule has 0 saturated heterocycles. The largest absolute Gasteiger partial charge is 0.491 e. The predicted octanol–water partition coefficient (Wildman–Crippen LogP) is 6.42. The van der Waals surface area contributed by atoms with Crippen molar-refractivity contribution in [2.75, 3.05) is 31.0 Å². The first-order valence-corrected chi connectivity index (χ1v) is 10.9. The number of methoxy groups -OCH3 is 1. The summed E-state index contributed by atoms with van der Waals surface area (Å²) in [6.07, 6.45) is 1.57. The molecule has 0 atom stereocenters. The summed E-state index contributed by atoms with van der Waals surface area (Å²) in [5.74, 6) is -1.20. The van der Waals surface area contributed by atoms with Gasteiger partial charge in [-0.2, -0.15) is 0 Å². The third-order valence-electron chi connectivity index (χ3n) is 5.14. The zero-order valence-corrected chi connectivity index (χ0v) is 19.4. The maximum Gasteiger partial charge on any atom is 0.323 e. The lowest BCUT2D eigenvalue weighted by molar-refractivity contribution is 0.146. The molecule has 36 heavy (non-hydrogen) atoms. The average molecular weight is 497 g/mol. The van der Waals surface area contributed by atoms with E-state index in [0.717, 1.165) is 23.8 Å². The number of pyridine rings is 1. The number of urea groups is 1. The van der Waals surface area contributed by atoms with E-state index in [1.54, 1.807) is 25.4 Å². The van der Waals surface area contributed by atoms with Gasteiger partial charge in [0, 0.05) is 36.9 Å². The topological polar surface area (TPSA) is 81.7 Å². The van der Waals surface area contributed by atoms with Gasteiger partial charge < -0.3 is 24.8 Å². The number of benzene rings is 3. The summed E-state index contributed by atoms with van der Waals surface area (Å²) in [5, 5.41) is 5.19. The molecule has 0 aliphatic rings. The molecular weight excluding hydrogens is 475 g/mol. The van der Waals surface area contributed by atoms with Crippen LogP contribution in [0.5, 0.6) is 17.2 Å². The monoisotopic (exact) mass is 497 g/mol. The highest BCUT2D eigenvalue weighted by Crippen LogP contribution is 2.34. The van der Waals surface area contributed by atoms with E-state index in [-0.39, 0.29) is 17.1 Å². The number of aromatic nitrogens is 1. The van der Waals surface area contributed by atoms with Crippen LogP contribution in [0.2, 0.25) is 0 Å². The lowest BCUT2D eigenvalue weighted by Gasteiger charge is -2.13. The van der Waals surface area contributed by atoms with Crippen LogP contribution in [-0.4, -0.2) is 31.3 Å². The highest BCUT2D eigenvalue weighted by Gasteiger charge is 2.13. The molecule has 2 amide bonds. The van der Waals surface area contributed by atoms with E-state index in [2.05, 4.69) is 15.6 Å². The molecule has 4 rings (SSSR count). The molecule has 0 bridgehead atoms. The van der Waals surface area contributed by atoms with Crippen molar-refractivity contribution in [3.05, 3.63) is 83.8 Å². The number of rotatable bonds is 8. The summed E-state index contributed by atoms with van der Waals surface area (Å²) in [7, 11) is 1.59. The van der Waals surface area contributed by atoms with E-state index in [1.807, 2.05) is 13.0 Å². The molecule has 0 aliphatic heterocycles. The Kier molecular flexibility index (Phi) is 7.55. The molecule has 1 heterocycles. The third-order valence-corrected chi connectivity index (χ3v) is 5.14. The highest BCUT2D eigenvalue weighted by molar-refractivity contribution is 6.00. The zero-order chi connectivity index (χ0) is 25.7. The molecule has 0 unspecified atom stereocenters. The summed E-state index contributed by atoms with van der Waals surface area (Å²) < 4.78 is 58.0. The number of carbonyl (C=O) groups is 1. The molecule has 0 spiro atoms. The van der Waals surface area contributed by atoms with Crippen molar-refractivity contribution >= 4 is 28.3 Å². The second-order valence-corrected chi connectivity index (χ2v) is 7.73. The molecule has 2 N–H and O–H groups in total. The van der Waals surface area contributed by atoms with Crippen molar-refractivity contribution in [1.82, 2.24) is 4.98 Å². The van der Waals surface area contributed by atoms with E-state index >= 15 is 0 Å². The highest BCUT2D eigenvalue weighted by atomic mass is 19.1. The Morgan fingerprint density at radius 3 is 2.31 bits per heavy atom. The van der Waals surface area contributed by atoms with Crippen LogP contribution in [0.25, 0.3) is 10.9 Å². The van der Waals surface area contributed by atoms with Crippen LogP contribution in [0, 0.1) is 24.4 Å². The van der Waals surface area contributed by atoms with Crippen LogP contribution in [0.1, 0.15) is 5.56 Å². The standard InChI is InChI=1S/C26H22F3N3O4/c1-15-11-18-23(14-25(15)35-10-9-34-2)30-8-7-24(18)36-17-4-6-22(20(29)13-17)32-26(33)31-21-5-3-16(27)12-19(21)28/h3-8,11-14H,9-10H2,1-2H3,(H2,31,32,33). The van der Waals surface area contributed by atoms with E-state index in [1.165, 1.54) is 12.1 Å². The van der Waals surface area contributed by atoms with Crippen molar-refractivity contribution in [2.24, 2.45) is 0 Å². The molecule has 7 nitrogen and oxygen atoms in total. The number of hydrogen-bond acceptors (Lipinski definition) is 5. The smallest absolute Gasteiger partial charge is 0.323 e. The first kappa shape index (κ1) is 24.8. The number of aryl methyl sites for hydroxylation is 1. The number of fused-ring (bicyclic) bond motifs is 1. The first-order valence-electron chi connectivity index (χ1n) is 10.9. The first-order chi connectivity index (χ1) is 17.3. The van der Waals surface area contributed by atoms with Crippen molar-refractivity contribution in [3.8, 4) is 17.2 Å². The number of nitrogens with zero attached hydrogens (tertiary/aromatic N) is 1. The van der Waals surface area contributed by atoms with Gasteiger partial charge in [0.25, 0.3) is 0 Å². The van der Waals surface area contributed by atoms with Crippen LogP contribution < -0.4 is 20.1 Å². The number of amides is 2. The molecule has 0 fully saturated rings. The SMILES string of the molecule is COCCOc1cc2nccc(Oc3ccc(NC(=O)Nc4ccc(F)cc4F)c(F)c3)c2cc1C. The molecule has 4 aromatic rings. The fraction of sp³-hybridized carbons (Fsp3) is 0.154. The Hall–Kier alpha value is -4.31. The fourth-order valence-corrected chi connectivity index (χ4v) is 3.39. The summed E-state index contributed by atoms with van der Waals surface area (Å²) >= 11 is 0. The van der Waals surface area contributed by atoms with Gasteiger partial charge in [-0.05, 0) is 48.9 Å². The Morgan fingerprint density at radius 1 is 0.889 bits per heavy atom. The van der Waals surface area contributed by atoms with Gasteiger partial charge in [0.05, 0.1) is 23.5 Å². The molecule has 0 saturated carbocycles. The summed E-state index contributed by atoms with van der Waals surface area (Å²) in [5.41, 5.74) is 1.09. The Bertz CT molecular complexity index is 1420. The maximum atomic E-state index is 14.7. The molecule has 186 valence electrons. The fourth-order valence-electron chi connectivity index (χ4n) is 3.39. The minimum absolute atomic E-state index is 0.157. The number of nitrogens with one attached hydrogen (secondary N) is 2. The summed E-state index contributed by atoms with van der Waals surface area (Å²) in [4.78, 5) is 16.5. The molecule has 1 aromatic heterocycles. The van der Waals surface area contributed by atoms with Gasteiger partial charge in [-0.1, -0.05) is 0 Å². The van der Waals surface area contributed by atoms with Gasteiger partial charge in [0.2, 0.25) is 0 Å². The zero-order valence-electron chi connectivity index (χ0n) is 19.4. The van der Waals surface area contributed by atoms with Crippen LogP contribution in [0.15, 0.2) is 60.8 Å². The van der Waals surface area contributed by atoms with Crippen molar-refractivity contribution in [1.29, 1.82) is 0 Å². The number of halogens is 3. The maximum absolute atomic E-state index is 14.7. The second-order valence-electron chi connectivity index (χ2n) is 7.73. The lowest BCUT2D eigenvalue weighted by atomic mass is 10.1. The quantitative estimate of drug-likeness (QED) is 0.275. The lowest BCUT2D eigenvalue weighted by Crippen LogP contribution is -2.20. The minimum Gasteiger partial charge on any atom is -0.491 e. The number of ether oxygens (including phenoxy) is 3. The van der Waals surface area contributed by atoms with Crippen LogP contribution >= 0.6 is 0 Å². The van der Waals surface area contributed by atoms with Crippen LogP contribution in [0.4, 0.5) is 29.3 Å². The molecular formula is C26H22F3N3O4. The van der Waals surface area contributed by atoms with Gasteiger partial charge in [-0.15, -0.1) is 0 Å². The number of carbonyl (C=O) groups excluding carboxylic acids is 1. The van der Waals surface area contributed by atoms with Gasteiger partial charge in [0.1, 0.15) is 41.3 Å². The van der Waals surface area contributed by atoms with Gasteiger partial charge in [-0.25, -0.2) is 18.0 Å². The molecule has 3 aromatic carbocycles. The van der Waals surface area contributed by atoms with E-state index in [0.29, 0.717) is 41.7 Å². The van der Waals surface area contributed by atoms with Gasteiger partial charge >= 0.3 is 6.03 Å². The second kappa shape index (κ2) is 11.0. The van der Waals surface area contributed by atoms with Gasteiger partial charge in [0.15, 0.2) is 0 Å². The summed E-state index contributed by atoms with van der Waals surface area (Å²) in [6, 6.07) is 11.0. The van der Waals surface area contributed by atoms with E-state index in [4.69, 9.17) is 14.2 Å². The molecule has 0 aliphatic carbocycles. The van der Waals surface area contributed by atoms with Crippen molar-refractivity contribution in [3.63, 3.8) is 0 Å². The van der Waals surface area contributed by atoms with E-state index < -0.39 is 23.5 Å². The normalized spacial score (nSPS) is 10.8. The third kappa shape index (κ3) is 5.84. The Balaban J connectivity index is 1.48. The Morgan fingerprint density at radius 2 is 1.61 bits per heavy atom. The number of hydrogen-bond donors (Lipinski definition) is 2. The van der Waals surface area contributed by atoms with Gasteiger partial charge in [-0.3, -0.25) is 4.98 Å². The number of anilines is 2. The molecule has 0 radical (unpaired) electrons. The Labute approximate surface area is 204 Å². The van der Waals surface area contributed by atoms with Crippen molar-refractivity contribution in [2.45, 2.75) is 6.92 Å². The average Bonchev–Trinajstić information content (AvgIpc) is 2.83. The predicted molar refractivity (Wildman–Crippen MR) is 129 cm³/mol. The van der Waals surface area contributed by atoms with Crippen LogP contribution in [0.3, 0.4) is 0 Å². The van der Waals surface area contributed by atoms with Crippen molar-refractivity contribution < 1.29 is 32.2 Å².